The molecule has 0 spiro atoms. The average molecular weight is 204 g/mol. The highest BCUT2D eigenvalue weighted by atomic mass is 19.1. The lowest BCUT2D eigenvalue weighted by Gasteiger charge is -2.04. The normalized spacial score (nSPS) is 9.93. The maximum atomic E-state index is 12.5. The van der Waals surface area contributed by atoms with Crippen molar-refractivity contribution in [3.8, 4) is 5.75 Å². The fraction of sp³-hybridized carbons (Fsp3) is 0.0909. The number of hydrogen-bond acceptors (Lipinski definition) is 3. The van der Waals surface area contributed by atoms with Gasteiger partial charge >= 0.3 is 0 Å². The second-order valence-corrected chi connectivity index (χ2v) is 2.94. The van der Waals surface area contributed by atoms with Gasteiger partial charge in [-0.15, -0.1) is 0 Å². The first-order valence-electron chi connectivity index (χ1n) is 4.48. The zero-order chi connectivity index (χ0) is 10.5. The van der Waals surface area contributed by atoms with E-state index in [1.165, 1.54) is 12.3 Å². The Morgan fingerprint density at radius 2 is 1.93 bits per heavy atom. The summed E-state index contributed by atoms with van der Waals surface area (Å²) in [7, 11) is 0. The van der Waals surface area contributed by atoms with Crippen LogP contribution in [0, 0.1) is 5.82 Å². The molecule has 0 unspecified atom stereocenters. The van der Waals surface area contributed by atoms with Crippen molar-refractivity contribution >= 4 is 0 Å². The van der Waals surface area contributed by atoms with Gasteiger partial charge in [0.25, 0.3) is 0 Å². The van der Waals surface area contributed by atoms with Crippen molar-refractivity contribution in [2.45, 2.75) is 6.61 Å². The summed E-state index contributed by atoms with van der Waals surface area (Å²) in [5.74, 6) is 0.374. The summed E-state index contributed by atoms with van der Waals surface area (Å²) >= 11 is 0. The van der Waals surface area contributed by atoms with Crippen molar-refractivity contribution in [3.05, 3.63) is 54.4 Å². The molecular formula is C11H9FN2O. The van der Waals surface area contributed by atoms with Crippen molar-refractivity contribution in [2.75, 3.05) is 0 Å². The molecule has 0 saturated heterocycles. The first-order valence-corrected chi connectivity index (χ1v) is 4.48. The van der Waals surface area contributed by atoms with Gasteiger partial charge in [-0.25, -0.2) is 4.39 Å². The second-order valence-electron chi connectivity index (χ2n) is 2.94. The van der Waals surface area contributed by atoms with E-state index in [4.69, 9.17) is 4.74 Å². The van der Waals surface area contributed by atoms with Crippen LogP contribution in [0.4, 0.5) is 4.39 Å². The van der Waals surface area contributed by atoms with E-state index in [0.717, 1.165) is 5.75 Å². The van der Waals surface area contributed by atoms with E-state index in [1.54, 1.807) is 30.6 Å². The van der Waals surface area contributed by atoms with Crippen molar-refractivity contribution in [3.63, 3.8) is 0 Å². The SMILES string of the molecule is Fc1ccc(COc2ccncc2)nc1. The molecule has 0 bridgehead atoms. The lowest BCUT2D eigenvalue weighted by atomic mass is 10.3. The van der Waals surface area contributed by atoms with Crippen LogP contribution in [0.25, 0.3) is 0 Å². The molecule has 0 aliphatic carbocycles. The van der Waals surface area contributed by atoms with E-state index in [2.05, 4.69) is 9.97 Å². The van der Waals surface area contributed by atoms with Gasteiger partial charge in [-0.05, 0) is 24.3 Å². The van der Waals surface area contributed by atoms with Crippen LogP contribution in [0.15, 0.2) is 42.9 Å². The van der Waals surface area contributed by atoms with Gasteiger partial charge in [0.1, 0.15) is 18.2 Å². The molecule has 2 rings (SSSR count). The highest BCUT2D eigenvalue weighted by Gasteiger charge is 1.97. The molecule has 0 fully saturated rings. The molecule has 0 N–H and O–H groups in total. The first-order chi connectivity index (χ1) is 7.34. The van der Waals surface area contributed by atoms with Crippen LogP contribution in [-0.2, 0) is 6.61 Å². The summed E-state index contributed by atoms with van der Waals surface area (Å²) in [5, 5.41) is 0. The van der Waals surface area contributed by atoms with E-state index in [-0.39, 0.29) is 5.82 Å². The van der Waals surface area contributed by atoms with E-state index < -0.39 is 0 Å². The van der Waals surface area contributed by atoms with E-state index in [9.17, 15) is 4.39 Å². The number of ether oxygens (including phenoxy) is 1. The quantitative estimate of drug-likeness (QED) is 0.768. The Morgan fingerprint density at radius 3 is 2.60 bits per heavy atom. The van der Waals surface area contributed by atoms with Gasteiger partial charge in [0.2, 0.25) is 0 Å². The van der Waals surface area contributed by atoms with E-state index in [1.807, 2.05) is 0 Å². The molecule has 2 aromatic heterocycles. The third-order valence-electron chi connectivity index (χ3n) is 1.83. The van der Waals surface area contributed by atoms with Crippen molar-refractivity contribution in [1.29, 1.82) is 0 Å². The first kappa shape index (κ1) is 9.58. The minimum absolute atomic E-state index is 0.324. The second kappa shape index (κ2) is 4.50. The number of halogens is 1. The zero-order valence-electron chi connectivity index (χ0n) is 7.93. The molecule has 3 nitrogen and oxygen atoms in total. The molecule has 0 amide bonds. The monoisotopic (exact) mass is 204 g/mol. The van der Waals surface area contributed by atoms with Crippen LogP contribution in [0.2, 0.25) is 0 Å². The molecule has 2 heterocycles. The third-order valence-corrected chi connectivity index (χ3v) is 1.83. The summed E-state index contributed by atoms with van der Waals surface area (Å²) in [6.45, 7) is 0.324. The van der Waals surface area contributed by atoms with E-state index in [0.29, 0.717) is 12.3 Å². The van der Waals surface area contributed by atoms with E-state index >= 15 is 0 Å². The van der Waals surface area contributed by atoms with Crippen molar-refractivity contribution < 1.29 is 9.13 Å². The Hall–Kier alpha value is -1.97. The Morgan fingerprint density at radius 1 is 1.13 bits per heavy atom. The van der Waals surface area contributed by atoms with Crippen LogP contribution < -0.4 is 4.74 Å². The maximum absolute atomic E-state index is 12.5. The number of rotatable bonds is 3. The van der Waals surface area contributed by atoms with Crippen molar-refractivity contribution in [1.82, 2.24) is 9.97 Å². The minimum atomic E-state index is -0.345. The number of aromatic nitrogens is 2. The molecule has 4 heteroatoms. The molecule has 2 aromatic rings. The zero-order valence-corrected chi connectivity index (χ0v) is 7.93. The maximum Gasteiger partial charge on any atom is 0.141 e. The molecule has 76 valence electrons. The van der Waals surface area contributed by atoms with Gasteiger partial charge in [0.05, 0.1) is 11.9 Å². The molecule has 0 aliphatic heterocycles. The fourth-order valence-electron chi connectivity index (χ4n) is 1.08. The molecule has 0 atom stereocenters. The number of nitrogens with zero attached hydrogens (tertiary/aromatic N) is 2. The predicted octanol–water partition coefficient (Wildman–Crippen LogP) is 2.19. The Labute approximate surface area is 86.6 Å². The van der Waals surface area contributed by atoms with Crippen molar-refractivity contribution in [2.24, 2.45) is 0 Å². The predicted molar refractivity (Wildman–Crippen MR) is 52.8 cm³/mol. The molecule has 0 aliphatic rings. The highest BCUT2D eigenvalue weighted by molar-refractivity contribution is 5.17. The van der Waals surface area contributed by atoms with Gasteiger partial charge in [-0.2, -0.15) is 0 Å². The summed E-state index contributed by atoms with van der Waals surface area (Å²) in [6.07, 6.45) is 4.46. The Balaban J connectivity index is 1.96. The largest absolute Gasteiger partial charge is 0.487 e. The fourth-order valence-corrected chi connectivity index (χ4v) is 1.08. The molecular weight excluding hydrogens is 195 g/mol. The summed E-state index contributed by atoms with van der Waals surface area (Å²) in [5.41, 5.74) is 0.688. The Kier molecular flexibility index (Phi) is 2.88. The number of hydrogen-bond donors (Lipinski definition) is 0. The third kappa shape index (κ3) is 2.74. The molecule has 0 saturated carbocycles. The minimum Gasteiger partial charge on any atom is -0.487 e. The van der Waals surface area contributed by atoms with Gasteiger partial charge in [-0.1, -0.05) is 0 Å². The Bertz CT molecular complexity index is 416. The molecule has 0 aromatic carbocycles. The van der Waals surface area contributed by atoms with Crippen LogP contribution in [0.1, 0.15) is 5.69 Å². The smallest absolute Gasteiger partial charge is 0.141 e. The van der Waals surface area contributed by atoms with Crippen LogP contribution >= 0.6 is 0 Å². The topological polar surface area (TPSA) is 35.0 Å². The average Bonchev–Trinajstić information content (AvgIpc) is 2.30. The molecule has 15 heavy (non-hydrogen) atoms. The van der Waals surface area contributed by atoms with Crippen LogP contribution in [0.5, 0.6) is 5.75 Å². The standard InChI is InChI=1S/C11H9FN2O/c12-9-1-2-10(14-7-9)8-15-11-3-5-13-6-4-11/h1-7H,8H2. The summed E-state index contributed by atoms with van der Waals surface area (Å²) in [6, 6.07) is 6.46. The lowest BCUT2D eigenvalue weighted by Crippen LogP contribution is -1.98. The lowest BCUT2D eigenvalue weighted by molar-refractivity contribution is 0.300. The van der Waals surface area contributed by atoms with Gasteiger partial charge in [0.15, 0.2) is 0 Å². The van der Waals surface area contributed by atoms with Gasteiger partial charge < -0.3 is 4.74 Å². The van der Waals surface area contributed by atoms with Gasteiger partial charge in [-0.3, -0.25) is 9.97 Å². The highest BCUT2D eigenvalue weighted by Crippen LogP contribution is 2.09. The van der Waals surface area contributed by atoms with Crippen LogP contribution in [0.3, 0.4) is 0 Å². The molecule has 0 radical (unpaired) electrons. The summed E-state index contributed by atoms with van der Waals surface area (Å²) < 4.78 is 17.9. The number of pyridine rings is 2. The van der Waals surface area contributed by atoms with Gasteiger partial charge in [0, 0.05) is 12.4 Å². The van der Waals surface area contributed by atoms with Crippen LogP contribution in [-0.4, -0.2) is 9.97 Å². The summed E-state index contributed by atoms with van der Waals surface area (Å²) in [4.78, 5) is 7.74.